The van der Waals surface area contributed by atoms with Crippen molar-refractivity contribution < 1.29 is 9.59 Å². The summed E-state index contributed by atoms with van der Waals surface area (Å²) in [5, 5.41) is 18.1. The smallest absolute Gasteiger partial charge is 0.273 e. The van der Waals surface area contributed by atoms with E-state index in [0.29, 0.717) is 30.5 Å². The van der Waals surface area contributed by atoms with Crippen LogP contribution in [0.15, 0.2) is 18.2 Å². The molecular formula is C24H40N8O2. The molecule has 2 amide bonds. The molecule has 1 aliphatic heterocycles. The lowest BCUT2D eigenvalue weighted by molar-refractivity contribution is -0.121. The first-order chi connectivity index (χ1) is 16.6. The highest BCUT2D eigenvalue weighted by Gasteiger charge is 2.22. The van der Waals surface area contributed by atoms with E-state index in [1.165, 1.54) is 57.8 Å². The molecule has 1 aromatic rings. The van der Waals surface area contributed by atoms with Crippen LogP contribution < -0.4 is 16.1 Å². The number of carbonyl (C=O) groups excluding carboxylic acids is 2. The molecule has 3 N–H and O–H groups in total. The highest BCUT2D eigenvalue weighted by molar-refractivity contribution is 5.91. The summed E-state index contributed by atoms with van der Waals surface area (Å²) >= 11 is 0. The maximum atomic E-state index is 12.4. The van der Waals surface area contributed by atoms with Crippen LogP contribution >= 0.6 is 0 Å². The number of rotatable bonds is 11. The third-order valence-electron chi connectivity index (χ3n) is 7.24. The summed E-state index contributed by atoms with van der Waals surface area (Å²) in [6, 6.07) is 0. The van der Waals surface area contributed by atoms with Gasteiger partial charge in [0.15, 0.2) is 5.69 Å². The molecule has 0 atom stereocenters. The quantitative estimate of drug-likeness (QED) is 0.425. The van der Waals surface area contributed by atoms with Gasteiger partial charge < -0.3 is 10.6 Å². The van der Waals surface area contributed by atoms with E-state index in [0.717, 1.165) is 31.8 Å². The minimum atomic E-state index is -0.130. The number of hydrazine groups is 2. The normalized spacial score (nSPS) is 19.8. The molecule has 2 heterocycles. The second-order valence-corrected chi connectivity index (χ2v) is 10.0. The fourth-order valence-electron chi connectivity index (χ4n) is 5.23. The van der Waals surface area contributed by atoms with Crippen LogP contribution in [0, 0.1) is 11.8 Å². The predicted octanol–water partition coefficient (Wildman–Crippen LogP) is 2.53. The van der Waals surface area contributed by atoms with Crippen LogP contribution in [0.4, 0.5) is 0 Å². The van der Waals surface area contributed by atoms with Crippen molar-refractivity contribution in [3.05, 3.63) is 23.9 Å². The van der Waals surface area contributed by atoms with Crippen molar-refractivity contribution in [1.82, 2.24) is 41.2 Å². The topological polar surface area (TPSA) is 107 Å². The van der Waals surface area contributed by atoms with E-state index in [1.54, 1.807) is 10.9 Å². The maximum Gasteiger partial charge on any atom is 0.273 e. The van der Waals surface area contributed by atoms with Gasteiger partial charge in [-0.15, -0.1) is 10.2 Å². The summed E-state index contributed by atoms with van der Waals surface area (Å²) in [4.78, 5) is 24.6. The van der Waals surface area contributed by atoms with Crippen molar-refractivity contribution in [2.24, 2.45) is 11.8 Å². The molecule has 0 saturated heterocycles. The van der Waals surface area contributed by atoms with Gasteiger partial charge in [-0.25, -0.2) is 0 Å². The van der Waals surface area contributed by atoms with Crippen LogP contribution in [-0.2, 0) is 11.3 Å². The number of hydrogen-bond acceptors (Lipinski definition) is 7. The molecule has 0 radical (unpaired) electrons. The number of nitrogens with zero attached hydrogens (tertiary/aromatic N) is 5. The van der Waals surface area contributed by atoms with Gasteiger partial charge in [0, 0.05) is 33.1 Å². The van der Waals surface area contributed by atoms with E-state index in [2.05, 4.69) is 31.4 Å². The third kappa shape index (κ3) is 7.19. The number of hydrogen-bond donors (Lipinski definition) is 3. The van der Waals surface area contributed by atoms with Crippen molar-refractivity contribution >= 4 is 11.8 Å². The second-order valence-electron chi connectivity index (χ2n) is 10.0. The molecule has 10 nitrogen and oxygen atoms in total. The van der Waals surface area contributed by atoms with Crippen molar-refractivity contribution in [3.63, 3.8) is 0 Å². The molecule has 3 aliphatic rings. The average molecular weight is 473 g/mol. The van der Waals surface area contributed by atoms with Crippen molar-refractivity contribution in [2.45, 2.75) is 83.6 Å². The summed E-state index contributed by atoms with van der Waals surface area (Å²) in [6.45, 7) is 2.26. The Hall–Kier alpha value is -2.62. The first kappa shape index (κ1) is 24.5. The van der Waals surface area contributed by atoms with Crippen LogP contribution in [-0.4, -0.2) is 57.1 Å². The van der Waals surface area contributed by atoms with E-state index in [1.807, 2.05) is 18.4 Å². The van der Waals surface area contributed by atoms with E-state index >= 15 is 0 Å². The Morgan fingerprint density at radius 2 is 1.74 bits per heavy atom. The van der Waals surface area contributed by atoms with Gasteiger partial charge >= 0.3 is 0 Å². The van der Waals surface area contributed by atoms with Gasteiger partial charge in [0.05, 0.1) is 12.4 Å². The first-order valence-corrected chi connectivity index (χ1v) is 13.0. The summed E-state index contributed by atoms with van der Waals surface area (Å²) in [5.74, 6) is 1.82. The largest absolute Gasteiger partial charge is 0.350 e. The molecule has 2 saturated carbocycles. The van der Waals surface area contributed by atoms with Gasteiger partial charge in [0.1, 0.15) is 5.82 Å². The van der Waals surface area contributed by atoms with E-state index < -0.39 is 0 Å². The van der Waals surface area contributed by atoms with Gasteiger partial charge in [-0.3, -0.25) is 24.7 Å². The number of aromatic nitrogens is 3. The zero-order valence-electron chi connectivity index (χ0n) is 20.5. The number of carbonyl (C=O) groups is 2. The molecule has 188 valence electrons. The molecule has 0 aromatic carbocycles. The van der Waals surface area contributed by atoms with Gasteiger partial charge in [0.2, 0.25) is 5.91 Å². The summed E-state index contributed by atoms with van der Waals surface area (Å²) in [6.07, 6.45) is 17.2. The van der Waals surface area contributed by atoms with Gasteiger partial charge in [-0.2, -0.15) is 0 Å². The predicted molar refractivity (Wildman–Crippen MR) is 129 cm³/mol. The van der Waals surface area contributed by atoms with E-state index in [-0.39, 0.29) is 11.8 Å². The number of aryl methyl sites for hydroxylation is 1. The van der Waals surface area contributed by atoms with Crippen molar-refractivity contribution in [3.8, 4) is 0 Å². The molecule has 10 heteroatoms. The Morgan fingerprint density at radius 1 is 1.03 bits per heavy atom. The monoisotopic (exact) mass is 472 g/mol. The molecule has 2 aliphatic carbocycles. The molecular weight excluding hydrogens is 432 g/mol. The fourth-order valence-corrected chi connectivity index (χ4v) is 5.23. The van der Waals surface area contributed by atoms with Crippen LogP contribution in [0.1, 0.15) is 87.5 Å². The molecule has 2 fully saturated rings. The van der Waals surface area contributed by atoms with E-state index in [4.69, 9.17) is 0 Å². The van der Waals surface area contributed by atoms with Gasteiger partial charge in [0.25, 0.3) is 5.91 Å². The molecule has 0 bridgehead atoms. The Morgan fingerprint density at radius 3 is 2.53 bits per heavy atom. The van der Waals surface area contributed by atoms with Crippen LogP contribution in [0.25, 0.3) is 0 Å². The lowest BCUT2D eigenvalue weighted by Gasteiger charge is -2.24. The van der Waals surface area contributed by atoms with Crippen LogP contribution in [0.2, 0.25) is 0 Å². The Labute approximate surface area is 202 Å². The minimum absolute atomic E-state index is 0.0886. The van der Waals surface area contributed by atoms with Crippen LogP contribution in [0.3, 0.4) is 0 Å². The lowest BCUT2D eigenvalue weighted by atomic mass is 9.89. The zero-order chi connectivity index (χ0) is 23.8. The molecule has 34 heavy (non-hydrogen) atoms. The number of unbranched alkanes of at least 4 members (excludes halogenated alkanes) is 1. The van der Waals surface area contributed by atoms with Gasteiger partial charge in [-0.05, 0) is 50.4 Å². The van der Waals surface area contributed by atoms with Crippen molar-refractivity contribution in [1.29, 1.82) is 0 Å². The standard InChI is InChI=1S/C24H40N8O2/c1-30-28-22(26-23(33)15-19-9-5-6-10-19)18-32(30)14-8-7-13-31-17-21(27-29-31)24(34)25-16-20-11-3-2-4-12-20/h17-20,28H,2-16H2,1H3,(H,25,34)(H,26,33). The number of amides is 2. The first-order valence-electron chi connectivity index (χ1n) is 13.0. The van der Waals surface area contributed by atoms with Crippen molar-refractivity contribution in [2.75, 3.05) is 20.1 Å². The minimum Gasteiger partial charge on any atom is -0.350 e. The lowest BCUT2D eigenvalue weighted by Crippen LogP contribution is -2.41. The summed E-state index contributed by atoms with van der Waals surface area (Å²) in [5.41, 5.74) is 3.58. The highest BCUT2D eigenvalue weighted by atomic mass is 16.2. The summed E-state index contributed by atoms with van der Waals surface area (Å²) in [7, 11) is 1.93. The second kappa shape index (κ2) is 12.2. The SMILES string of the molecule is CN1NC(NC(=O)CC2CCCC2)=CN1CCCCn1cc(C(=O)NCC2CCCCC2)nn1. The fraction of sp³-hybridized carbons (Fsp3) is 0.750. The summed E-state index contributed by atoms with van der Waals surface area (Å²) < 4.78 is 1.74. The Balaban J connectivity index is 1.12. The maximum absolute atomic E-state index is 12.4. The number of nitrogens with one attached hydrogen (secondary N) is 3. The van der Waals surface area contributed by atoms with E-state index in [9.17, 15) is 9.59 Å². The molecule has 1 aromatic heterocycles. The zero-order valence-corrected chi connectivity index (χ0v) is 20.5. The van der Waals surface area contributed by atoms with Gasteiger partial charge in [-0.1, -0.05) is 37.3 Å². The van der Waals surface area contributed by atoms with Crippen LogP contribution in [0.5, 0.6) is 0 Å². The molecule has 0 unspecified atom stereocenters. The highest BCUT2D eigenvalue weighted by Crippen LogP contribution is 2.27. The third-order valence-corrected chi connectivity index (χ3v) is 7.24. The molecule has 0 spiro atoms. The Bertz CT molecular complexity index is 842. The average Bonchev–Trinajstić information content (AvgIpc) is 3.58. The molecule has 4 rings (SSSR count). The Kier molecular flexibility index (Phi) is 8.79.